The lowest BCUT2D eigenvalue weighted by Gasteiger charge is -2.44. The number of terminal acetylenes is 1. The average molecular weight is 423 g/mol. The molecule has 0 bridgehead atoms. The van der Waals surface area contributed by atoms with E-state index in [9.17, 15) is 8.42 Å². The van der Waals surface area contributed by atoms with E-state index in [1.807, 2.05) is 0 Å². The summed E-state index contributed by atoms with van der Waals surface area (Å²) in [7, 11) is -5.75. The van der Waals surface area contributed by atoms with E-state index in [0.717, 1.165) is 0 Å². The van der Waals surface area contributed by atoms with Crippen LogP contribution in [-0.2, 0) is 19.0 Å². The molecule has 0 aliphatic carbocycles. The van der Waals surface area contributed by atoms with Gasteiger partial charge in [0.05, 0.1) is 17.6 Å². The van der Waals surface area contributed by atoms with Crippen molar-refractivity contribution < 1.29 is 17.6 Å². The molecule has 4 nitrogen and oxygen atoms in total. The van der Waals surface area contributed by atoms with Crippen molar-refractivity contribution >= 4 is 18.2 Å². The molecule has 0 aliphatic rings. The molecule has 28 heavy (non-hydrogen) atoms. The maximum Gasteiger partial charge on any atom is 0.201 e. The Balaban J connectivity index is 3.19. The van der Waals surface area contributed by atoms with Crippen LogP contribution in [0.5, 0.6) is 0 Å². The summed E-state index contributed by atoms with van der Waals surface area (Å²) in [6, 6.07) is 8.37. The molecule has 156 valence electrons. The fourth-order valence-electron chi connectivity index (χ4n) is 3.91. The Kier molecular flexibility index (Phi) is 9.65. The van der Waals surface area contributed by atoms with Gasteiger partial charge in [-0.2, -0.15) is 0 Å². The van der Waals surface area contributed by atoms with Crippen LogP contribution in [-0.4, -0.2) is 36.1 Å². The highest BCUT2D eigenvalue weighted by Crippen LogP contribution is 2.43. The Morgan fingerprint density at radius 3 is 2.04 bits per heavy atom. The van der Waals surface area contributed by atoms with Crippen molar-refractivity contribution in [3.8, 4) is 12.3 Å². The van der Waals surface area contributed by atoms with E-state index in [1.54, 1.807) is 36.4 Å². The highest BCUT2D eigenvalue weighted by atomic mass is 32.2. The Labute approximate surface area is 172 Å². The van der Waals surface area contributed by atoms with Crippen LogP contribution in [0.4, 0.5) is 0 Å². The molecule has 0 amide bonds. The Hall–Kier alpha value is -1.39. The van der Waals surface area contributed by atoms with Crippen molar-refractivity contribution in [3.05, 3.63) is 41.8 Å². The molecule has 0 radical (unpaired) electrons. The third-order valence-electron chi connectivity index (χ3n) is 5.07. The summed E-state index contributed by atoms with van der Waals surface area (Å²) in [6.45, 7) is 13.5. The topological polar surface area (TPSA) is 52.6 Å². The van der Waals surface area contributed by atoms with E-state index in [2.05, 4.69) is 47.5 Å². The van der Waals surface area contributed by atoms with Crippen LogP contribution in [0.25, 0.3) is 0 Å². The minimum absolute atomic E-state index is 0.165. The third kappa shape index (κ3) is 6.31. The molecule has 6 heteroatoms. The molecular formula is C22H34O4SSi. The van der Waals surface area contributed by atoms with Crippen molar-refractivity contribution in [2.24, 2.45) is 0 Å². The van der Waals surface area contributed by atoms with Gasteiger partial charge < -0.3 is 9.16 Å². The second-order valence-corrected chi connectivity index (χ2v) is 15.1. The lowest BCUT2D eigenvalue weighted by molar-refractivity contribution is 0.0802. The Morgan fingerprint density at radius 1 is 1.04 bits per heavy atom. The van der Waals surface area contributed by atoms with E-state index in [0.29, 0.717) is 16.6 Å². The number of hydrogen-bond donors (Lipinski definition) is 0. The average Bonchev–Trinajstić information content (AvgIpc) is 2.63. The van der Waals surface area contributed by atoms with E-state index in [1.165, 1.54) is 5.41 Å². The number of rotatable bonds is 11. The summed E-state index contributed by atoms with van der Waals surface area (Å²) in [4.78, 5) is 0.259. The second kappa shape index (κ2) is 11.0. The molecule has 0 saturated carbocycles. The minimum Gasteiger partial charge on any atom is -0.407 e. The van der Waals surface area contributed by atoms with Crippen molar-refractivity contribution in [2.75, 3.05) is 13.2 Å². The molecule has 0 N–H and O–H groups in total. The first kappa shape index (κ1) is 24.6. The predicted octanol–water partition coefficient (Wildman–Crippen LogP) is 5.18. The van der Waals surface area contributed by atoms with Crippen LogP contribution in [0.3, 0.4) is 0 Å². The summed E-state index contributed by atoms with van der Waals surface area (Å²) in [5.74, 6) is 2.44. The molecule has 0 saturated heterocycles. The first-order chi connectivity index (χ1) is 13.1. The number of ether oxygens (including phenoxy) is 1. The molecule has 1 aromatic carbocycles. The maximum absolute atomic E-state index is 12.6. The van der Waals surface area contributed by atoms with Crippen LogP contribution in [0, 0.1) is 12.3 Å². The smallest absolute Gasteiger partial charge is 0.201 e. The summed E-state index contributed by atoms with van der Waals surface area (Å²) < 4.78 is 37.5. The molecule has 1 atom stereocenters. The van der Waals surface area contributed by atoms with Crippen LogP contribution in [0.15, 0.2) is 46.7 Å². The first-order valence-corrected chi connectivity index (χ1v) is 13.4. The highest BCUT2D eigenvalue weighted by Gasteiger charge is 2.46. The molecule has 0 aliphatic heterocycles. The van der Waals surface area contributed by atoms with Gasteiger partial charge in [0.25, 0.3) is 0 Å². The number of benzene rings is 1. The highest BCUT2D eigenvalue weighted by molar-refractivity contribution is 7.94. The van der Waals surface area contributed by atoms with Crippen molar-refractivity contribution in [3.63, 3.8) is 0 Å². The quantitative estimate of drug-likeness (QED) is 0.280. The number of hydrogen-bond acceptors (Lipinski definition) is 4. The van der Waals surface area contributed by atoms with Gasteiger partial charge in [0.2, 0.25) is 8.32 Å². The predicted molar refractivity (Wildman–Crippen MR) is 118 cm³/mol. The standard InChI is InChI=1S/C22H34O4SSi/c1-8-15-25-17-21(26-28(18(2)3,19(4)5)20(6)7)14-16-27(23,24)22-12-10-9-11-13-22/h1,9-14,16,18-21H,15,17H2,2-7H3/b16-14+. The summed E-state index contributed by atoms with van der Waals surface area (Å²) in [5, 5.41) is 1.23. The minimum atomic E-state index is -3.54. The first-order valence-electron chi connectivity index (χ1n) is 9.75. The van der Waals surface area contributed by atoms with E-state index in [4.69, 9.17) is 15.6 Å². The summed E-state index contributed by atoms with van der Waals surface area (Å²) in [6.07, 6.45) is 6.42. The molecule has 0 heterocycles. The third-order valence-corrected chi connectivity index (χ3v) is 12.6. The van der Waals surface area contributed by atoms with Gasteiger partial charge in [-0.05, 0) is 34.8 Å². The van der Waals surface area contributed by atoms with Gasteiger partial charge in [-0.3, -0.25) is 0 Å². The largest absolute Gasteiger partial charge is 0.407 e. The van der Waals surface area contributed by atoms with Crippen LogP contribution >= 0.6 is 0 Å². The van der Waals surface area contributed by atoms with Crippen LogP contribution in [0.2, 0.25) is 16.6 Å². The zero-order valence-electron chi connectivity index (χ0n) is 17.9. The fraction of sp³-hybridized carbons (Fsp3) is 0.545. The Bertz CT molecular complexity index is 740. The SMILES string of the molecule is C#CCOCC(/C=C/S(=O)(=O)c1ccccc1)O[Si](C(C)C)(C(C)C)C(C)C. The normalized spacial score (nSPS) is 14.1. The maximum atomic E-state index is 12.6. The van der Waals surface area contributed by atoms with Crippen molar-refractivity contribution in [1.29, 1.82) is 0 Å². The zero-order chi connectivity index (χ0) is 21.4. The van der Waals surface area contributed by atoms with Gasteiger partial charge in [-0.1, -0.05) is 65.7 Å². The van der Waals surface area contributed by atoms with Gasteiger partial charge in [-0.25, -0.2) is 8.42 Å². The summed E-state index contributed by atoms with van der Waals surface area (Å²) in [5.41, 5.74) is 1.13. The zero-order valence-corrected chi connectivity index (χ0v) is 19.7. The molecular weight excluding hydrogens is 388 g/mol. The molecule has 0 fully saturated rings. The van der Waals surface area contributed by atoms with Gasteiger partial charge >= 0.3 is 0 Å². The molecule has 1 aromatic rings. The number of sulfone groups is 1. The van der Waals surface area contributed by atoms with E-state index >= 15 is 0 Å². The Morgan fingerprint density at radius 2 is 1.57 bits per heavy atom. The van der Waals surface area contributed by atoms with Gasteiger partial charge in [0.15, 0.2) is 9.84 Å². The van der Waals surface area contributed by atoms with Gasteiger partial charge in [0.1, 0.15) is 6.61 Å². The van der Waals surface area contributed by atoms with Crippen LogP contribution < -0.4 is 0 Å². The molecule has 0 aromatic heterocycles. The molecule has 0 spiro atoms. The second-order valence-electron chi connectivity index (χ2n) is 7.88. The molecule has 1 unspecified atom stereocenters. The van der Waals surface area contributed by atoms with Gasteiger partial charge in [0, 0.05) is 5.41 Å². The van der Waals surface area contributed by atoms with Crippen LogP contribution in [0.1, 0.15) is 41.5 Å². The molecule has 1 rings (SSSR count). The van der Waals surface area contributed by atoms with E-state index in [-0.39, 0.29) is 18.1 Å². The lowest BCUT2D eigenvalue weighted by Crippen LogP contribution is -2.50. The van der Waals surface area contributed by atoms with Crippen molar-refractivity contribution in [2.45, 2.75) is 69.2 Å². The monoisotopic (exact) mass is 422 g/mol. The van der Waals surface area contributed by atoms with E-state index < -0.39 is 24.3 Å². The summed E-state index contributed by atoms with van der Waals surface area (Å²) >= 11 is 0. The van der Waals surface area contributed by atoms with Crippen molar-refractivity contribution in [1.82, 2.24) is 0 Å². The fourth-order valence-corrected chi connectivity index (χ4v) is 10.5. The van der Waals surface area contributed by atoms with Gasteiger partial charge in [-0.15, -0.1) is 6.42 Å². The lowest BCUT2D eigenvalue weighted by atomic mass is 10.4.